The van der Waals surface area contributed by atoms with Gasteiger partial charge in [0.25, 0.3) is 0 Å². The molecule has 0 aliphatic carbocycles. The van der Waals surface area contributed by atoms with E-state index in [4.69, 9.17) is 5.73 Å². The maximum atomic E-state index is 12.4. The molecule has 0 fully saturated rings. The van der Waals surface area contributed by atoms with Crippen LogP contribution in [-0.4, -0.2) is 23.6 Å². The molecule has 4 N–H and O–H groups in total. The van der Waals surface area contributed by atoms with Gasteiger partial charge >= 0.3 is 0 Å². The highest BCUT2D eigenvalue weighted by Crippen LogP contribution is 2.20. The minimum Gasteiger partial charge on any atom is -0.325 e. The summed E-state index contributed by atoms with van der Waals surface area (Å²) in [4.78, 5) is 4.25. The molecule has 0 saturated heterocycles. The Bertz CT molecular complexity index is 681. The highest BCUT2D eigenvalue weighted by Gasteiger charge is 2.25. The number of rotatable bonds is 5. The Kier molecular flexibility index (Phi) is 4.17. The van der Waals surface area contributed by atoms with E-state index in [1.165, 1.54) is 0 Å². The predicted octanol–water partition coefficient (Wildman–Crippen LogP) is 0.611. The SMILES string of the molecule is Cc1[nH]nc(CN)c1S(=O)(=O)NC(C)c1ccccn1. The number of hydrogen-bond donors (Lipinski definition) is 3. The van der Waals surface area contributed by atoms with Crippen LogP contribution >= 0.6 is 0 Å². The maximum absolute atomic E-state index is 12.4. The molecule has 2 aromatic rings. The van der Waals surface area contributed by atoms with Crippen molar-refractivity contribution in [1.29, 1.82) is 0 Å². The second kappa shape index (κ2) is 5.70. The van der Waals surface area contributed by atoms with Crippen molar-refractivity contribution in [1.82, 2.24) is 19.9 Å². The summed E-state index contributed by atoms with van der Waals surface area (Å²) < 4.78 is 27.4. The van der Waals surface area contributed by atoms with E-state index in [0.717, 1.165) is 0 Å². The van der Waals surface area contributed by atoms with Gasteiger partial charge in [0.1, 0.15) is 4.90 Å². The molecule has 0 aromatic carbocycles. The summed E-state index contributed by atoms with van der Waals surface area (Å²) in [6.07, 6.45) is 1.62. The van der Waals surface area contributed by atoms with Crippen molar-refractivity contribution >= 4 is 10.0 Å². The van der Waals surface area contributed by atoms with E-state index in [1.807, 2.05) is 6.07 Å². The van der Waals surface area contributed by atoms with Crippen LogP contribution in [0.25, 0.3) is 0 Å². The number of nitrogens with two attached hydrogens (primary N) is 1. The highest BCUT2D eigenvalue weighted by atomic mass is 32.2. The van der Waals surface area contributed by atoms with E-state index in [0.29, 0.717) is 17.1 Å². The molecule has 0 amide bonds. The number of H-pyrrole nitrogens is 1. The van der Waals surface area contributed by atoms with Crippen LogP contribution in [-0.2, 0) is 16.6 Å². The fourth-order valence-corrected chi connectivity index (χ4v) is 3.54. The molecule has 0 aliphatic heterocycles. The van der Waals surface area contributed by atoms with Crippen molar-refractivity contribution in [3.63, 3.8) is 0 Å². The molecule has 0 bridgehead atoms. The Labute approximate surface area is 117 Å². The zero-order valence-electron chi connectivity index (χ0n) is 11.3. The van der Waals surface area contributed by atoms with Crippen molar-refractivity contribution in [3.05, 3.63) is 41.5 Å². The standard InChI is InChI=1S/C12H17N5O2S/c1-8(10-5-3-4-6-14-10)17-20(18,19)12-9(2)15-16-11(12)7-13/h3-6,8,17H,7,13H2,1-2H3,(H,15,16). The smallest absolute Gasteiger partial charge is 0.244 e. The fourth-order valence-electron chi connectivity index (χ4n) is 1.95. The minimum atomic E-state index is -3.70. The van der Waals surface area contributed by atoms with Crippen molar-refractivity contribution in [2.24, 2.45) is 5.73 Å². The van der Waals surface area contributed by atoms with E-state index < -0.39 is 16.1 Å². The molecule has 7 nitrogen and oxygen atoms in total. The first-order valence-corrected chi connectivity index (χ1v) is 7.61. The average Bonchev–Trinajstić information content (AvgIpc) is 2.81. The number of nitrogens with one attached hydrogen (secondary N) is 2. The second-order valence-corrected chi connectivity index (χ2v) is 6.08. The van der Waals surface area contributed by atoms with Crippen LogP contribution in [0.1, 0.15) is 30.0 Å². The summed E-state index contributed by atoms with van der Waals surface area (Å²) in [6, 6.07) is 4.90. The Balaban J connectivity index is 2.30. The zero-order chi connectivity index (χ0) is 14.8. The first-order valence-electron chi connectivity index (χ1n) is 6.13. The van der Waals surface area contributed by atoms with Crippen molar-refractivity contribution in [3.8, 4) is 0 Å². The molecule has 20 heavy (non-hydrogen) atoms. The lowest BCUT2D eigenvalue weighted by molar-refractivity contribution is 0.562. The van der Waals surface area contributed by atoms with Crippen molar-refractivity contribution < 1.29 is 8.42 Å². The van der Waals surface area contributed by atoms with Gasteiger partial charge in [-0.3, -0.25) is 10.1 Å². The molecule has 0 saturated carbocycles. The van der Waals surface area contributed by atoms with E-state index in [-0.39, 0.29) is 11.4 Å². The summed E-state index contributed by atoms with van der Waals surface area (Å²) >= 11 is 0. The quantitative estimate of drug-likeness (QED) is 0.748. The van der Waals surface area contributed by atoms with Crippen LogP contribution in [0.5, 0.6) is 0 Å². The lowest BCUT2D eigenvalue weighted by Gasteiger charge is -2.14. The third-order valence-electron chi connectivity index (χ3n) is 2.89. The molecular formula is C12H17N5O2S. The number of hydrogen-bond acceptors (Lipinski definition) is 5. The largest absolute Gasteiger partial charge is 0.325 e. The molecule has 108 valence electrons. The first-order chi connectivity index (χ1) is 9.45. The monoisotopic (exact) mass is 295 g/mol. The predicted molar refractivity (Wildman–Crippen MR) is 74.2 cm³/mol. The Morgan fingerprint density at radius 3 is 2.80 bits per heavy atom. The van der Waals surface area contributed by atoms with E-state index in [9.17, 15) is 8.42 Å². The summed E-state index contributed by atoms with van der Waals surface area (Å²) in [5, 5.41) is 6.54. The summed E-state index contributed by atoms with van der Waals surface area (Å²) in [5.74, 6) is 0. The molecule has 0 aliphatic rings. The van der Waals surface area contributed by atoms with Crippen molar-refractivity contribution in [2.75, 3.05) is 0 Å². The first kappa shape index (κ1) is 14.6. The highest BCUT2D eigenvalue weighted by molar-refractivity contribution is 7.89. The summed E-state index contributed by atoms with van der Waals surface area (Å²) in [6.45, 7) is 3.43. The number of nitrogens with zero attached hydrogens (tertiary/aromatic N) is 2. The zero-order valence-corrected chi connectivity index (χ0v) is 12.1. The number of pyridine rings is 1. The summed E-state index contributed by atoms with van der Waals surface area (Å²) in [5.41, 5.74) is 6.95. The Hall–Kier alpha value is -1.77. The van der Waals surface area contributed by atoms with Gasteiger partial charge in [-0.1, -0.05) is 6.07 Å². The van der Waals surface area contributed by atoms with Gasteiger partial charge in [0.05, 0.1) is 23.1 Å². The number of sulfonamides is 1. The van der Waals surface area contributed by atoms with E-state index in [2.05, 4.69) is 19.9 Å². The minimum absolute atomic E-state index is 0.0541. The second-order valence-electron chi connectivity index (χ2n) is 4.43. The molecule has 2 rings (SSSR count). The Morgan fingerprint density at radius 1 is 1.45 bits per heavy atom. The van der Waals surface area contributed by atoms with E-state index >= 15 is 0 Å². The van der Waals surface area contributed by atoms with Gasteiger partial charge < -0.3 is 5.73 Å². The molecule has 2 aromatic heterocycles. The van der Waals surface area contributed by atoms with E-state index in [1.54, 1.807) is 32.2 Å². The van der Waals surface area contributed by atoms with Gasteiger partial charge in [-0.25, -0.2) is 13.1 Å². The Morgan fingerprint density at radius 2 is 2.20 bits per heavy atom. The van der Waals surface area contributed by atoms with Crippen LogP contribution < -0.4 is 10.5 Å². The molecule has 1 unspecified atom stereocenters. The van der Waals surface area contributed by atoms with Crippen LogP contribution in [0.3, 0.4) is 0 Å². The molecular weight excluding hydrogens is 278 g/mol. The third kappa shape index (κ3) is 2.87. The van der Waals surface area contributed by atoms with Crippen molar-refractivity contribution in [2.45, 2.75) is 31.3 Å². The molecule has 0 spiro atoms. The van der Waals surface area contributed by atoms with Crippen LogP contribution in [0, 0.1) is 6.92 Å². The topological polar surface area (TPSA) is 114 Å². The number of aromatic amines is 1. The maximum Gasteiger partial charge on any atom is 0.244 e. The number of aromatic nitrogens is 3. The van der Waals surface area contributed by atoms with Gasteiger partial charge in [0.2, 0.25) is 10.0 Å². The van der Waals surface area contributed by atoms with Gasteiger partial charge in [0.15, 0.2) is 0 Å². The normalized spacial score (nSPS) is 13.3. The van der Waals surface area contributed by atoms with Crippen LogP contribution in [0.2, 0.25) is 0 Å². The third-order valence-corrected chi connectivity index (χ3v) is 4.63. The molecule has 2 heterocycles. The molecule has 0 radical (unpaired) electrons. The molecule has 8 heteroatoms. The lowest BCUT2D eigenvalue weighted by atomic mass is 10.2. The van der Waals surface area contributed by atoms with Gasteiger partial charge in [-0.2, -0.15) is 5.10 Å². The number of aryl methyl sites for hydroxylation is 1. The van der Waals surface area contributed by atoms with Gasteiger partial charge in [-0.05, 0) is 26.0 Å². The summed E-state index contributed by atoms with van der Waals surface area (Å²) in [7, 11) is -3.70. The van der Waals surface area contributed by atoms with Crippen LogP contribution in [0.4, 0.5) is 0 Å². The van der Waals surface area contributed by atoms with Crippen LogP contribution in [0.15, 0.2) is 29.3 Å². The fraction of sp³-hybridized carbons (Fsp3) is 0.333. The lowest BCUT2D eigenvalue weighted by Crippen LogP contribution is -2.28. The molecule has 1 atom stereocenters. The van der Waals surface area contributed by atoms with Gasteiger partial charge in [0, 0.05) is 12.7 Å². The van der Waals surface area contributed by atoms with Gasteiger partial charge in [-0.15, -0.1) is 0 Å². The average molecular weight is 295 g/mol.